The van der Waals surface area contributed by atoms with Crippen molar-refractivity contribution in [3.63, 3.8) is 0 Å². The third kappa shape index (κ3) is 6.78. The molecule has 0 saturated carbocycles. The number of nitrogens with zero attached hydrogens (tertiary/aromatic N) is 1. The Morgan fingerprint density at radius 3 is 2.52 bits per heavy atom. The summed E-state index contributed by atoms with van der Waals surface area (Å²) in [5.74, 6) is 0. The SMILES string of the molecule is COCCN(CCO)c1ccc(CNC(C)(C)C)c(Br)c1. The monoisotopic (exact) mass is 358 g/mol. The van der Waals surface area contributed by atoms with Gasteiger partial charge in [0.1, 0.15) is 0 Å². The van der Waals surface area contributed by atoms with E-state index in [1.54, 1.807) is 7.11 Å². The minimum absolute atomic E-state index is 0.0967. The molecular weight excluding hydrogens is 332 g/mol. The Hall–Kier alpha value is -0.620. The molecule has 0 aromatic heterocycles. The van der Waals surface area contributed by atoms with Crippen LogP contribution in [-0.2, 0) is 11.3 Å². The van der Waals surface area contributed by atoms with Crippen LogP contribution in [0.25, 0.3) is 0 Å². The van der Waals surface area contributed by atoms with Gasteiger partial charge in [-0.3, -0.25) is 0 Å². The molecule has 120 valence electrons. The highest BCUT2D eigenvalue weighted by Crippen LogP contribution is 2.24. The summed E-state index contributed by atoms with van der Waals surface area (Å²) in [5, 5.41) is 12.7. The summed E-state index contributed by atoms with van der Waals surface area (Å²) in [6.45, 7) is 9.44. The molecular formula is C16H27BrN2O2. The van der Waals surface area contributed by atoms with E-state index in [-0.39, 0.29) is 12.1 Å². The number of benzene rings is 1. The first-order chi connectivity index (χ1) is 9.87. The summed E-state index contributed by atoms with van der Waals surface area (Å²) in [6.07, 6.45) is 0. The molecule has 0 aliphatic heterocycles. The molecule has 21 heavy (non-hydrogen) atoms. The molecule has 1 aromatic rings. The van der Waals surface area contributed by atoms with Gasteiger partial charge in [-0.05, 0) is 38.5 Å². The summed E-state index contributed by atoms with van der Waals surface area (Å²) in [5.41, 5.74) is 2.41. The predicted octanol–water partition coefficient (Wildman–Crippen LogP) is 2.78. The van der Waals surface area contributed by atoms with Crippen molar-refractivity contribution < 1.29 is 9.84 Å². The Balaban J connectivity index is 2.78. The largest absolute Gasteiger partial charge is 0.395 e. The van der Waals surface area contributed by atoms with Crippen LogP contribution in [0.1, 0.15) is 26.3 Å². The summed E-state index contributed by atoms with van der Waals surface area (Å²) in [6, 6.07) is 6.32. The second-order valence-electron chi connectivity index (χ2n) is 6.08. The smallest absolute Gasteiger partial charge is 0.0637 e. The van der Waals surface area contributed by atoms with Crippen LogP contribution in [0.4, 0.5) is 5.69 Å². The van der Waals surface area contributed by atoms with Crippen LogP contribution in [0, 0.1) is 0 Å². The standard InChI is InChI=1S/C16H27BrN2O2/c1-16(2,3)18-12-13-5-6-14(11-15(13)17)19(7-9-20)8-10-21-4/h5-6,11,18,20H,7-10,12H2,1-4H3. The minimum Gasteiger partial charge on any atom is -0.395 e. The molecule has 1 rings (SSSR count). The Morgan fingerprint density at radius 1 is 1.29 bits per heavy atom. The summed E-state index contributed by atoms with van der Waals surface area (Å²) in [4.78, 5) is 2.12. The number of aliphatic hydroxyl groups excluding tert-OH is 1. The van der Waals surface area contributed by atoms with Crippen LogP contribution in [0.3, 0.4) is 0 Å². The normalized spacial score (nSPS) is 11.7. The van der Waals surface area contributed by atoms with Crippen molar-refractivity contribution in [2.45, 2.75) is 32.9 Å². The van der Waals surface area contributed by atoms with Gasteiger partial charge < -0.3 is 20.1 Å². The highest BCUT2D eigenvalue weighted by atomic mass is 79.9. The summed E-state index contributed by atoms with van der Waals surface area (Å²) >= 11 is 3.64. The lowest BCUT2D eigenvalue weighted by molar-refractivity contribution is 0.203. The molecule has 0 heterocycles. The lowest BCUT2D eigenvalue weighted by Gasteiger charge is -2.25. The fraction of sp³-hybridized carbons (Fsp3) is 0.625. The highest BCUT2D eigenvalue weighted by Gasteiger charge is 2.12. The fourth-order valence-corrected chi connectivity index (χ4v) is 2.44. The van der Waals surface area contributed by atoms with Gasteiger partial charge in [-0.1, -0.05) is 22.0 Å². The number of hydrogen-bond acceptors (Lipinski definition) is 4. The number of aliphatic hydroxyl groups is 1. The van der Waals surface area contributed by atoms with Gasteiger partial charge in [-0.25, -0.2) is 0 Å². The molecule has 0 unspecified atom stereocenters. The first-order valence-corrected chi connectivity index (χ1v) is 8.05. The van der Waals surface area contributed by atoms with Crippen LogP contribution in [0.2, 0.25) is 0 Å². The average Bonchev–Trinajstić information content (AvgIpc) is 2.41. The quantitative estimate of drug-likeness (QED) is 0.749. The van der Waals surface area contributed by atoms with E-state index in [0.717, 1.165) is 23.2 Å². The van der Waals surface area contributed by atoms with Crippen LogP contribution in [-0.4, -0.2) is 44.1 Å². The number of anilines is 1. The molecule has 4 nitrogen and oxygen atoms in total. The van der Waals surface area contributed by atoms with Crippen LogP contribution in [0.5, 0.6) is 0 Å². The van der Waals surface area contributed by atoms with Gasteiger partial charge in [0, 0.05) is 42.4 Å². The molecule has 0 atom stereocenters. The molecule has 0 aliphatic rings. The average molecular weight is 359 g/mol. The second kappa shape index (κ2) is 8.73. The van der Waals surface area contributed by atoms with Crippen LogP contribution < -0.4 is 10.2 Å². The Kier molecular flexibility index (Phi) is 7.66. The number of rotatable bonds is 8. The number of halogens is 1. The van der Waals surface area contributed by atoms with Gasteiger partial charge in [0.25, 0.3) is 0 Å². The zero-order valence-corrected chi connectivity index (χ0v) is 15.0. The molecule has 0 bridgehead atoms. The van der Waals surface area contributed by atoms with E-state index in [1.165, 1.54) is 5.56 Å². The molecule has 0 aliphatic carbocycles. The lowest BCUT2D eigenvalue weighted by Crippen LogP contribution is -2.35. The van der Waals surface area contributed by atoms with Crippen LogP contribution in [0.15, 0.2) is 22.7 Å². The number of hydrogen-bond donors (Lipinski definition) is 2. The third-order valence-electron chi connectivity index (χ3n) is 3.15. The van der Waals surface area contributed by atoms with E-state index in [4.69, 9.17) is 4.74 Å². The minimum atomic E-state index is 0.0967. The van der Waals surface area contributed by atoms with Gasteiger partial charge in [0.2, 0.25) is 0 Å². The number of ether oxygens (including phenoxy) is 1. The van der Waals surface area contributed by atoms with Gasteiger partial charge in [-0.2, -0.15) is 0 Å². The third-order valence-corrected chi connectivity index (χ3v) is 3.88. The first kappa shape index (κ1) is 18.4. The zero-order chi connectivity index (χ0) is 15.9. The maximum absolute atomic E-state index is 9.19. The van der Waals surface area contributed by atoms with E-state index in [9.17, 15) is 5.11 Å². The van der Waals surface area contributed by atoms with Crippen molar-refractivity contribution in [2.75, 3.05) is 38.3 Å². The van der Waals surface area contributed by atoms with Gasteiger partial charge >= 0.3 is 0 Å². The first-order valence-electron chi connectivity index (χ1n) is 7.25. The molecule has 0 fully saturated rings. The van der Waals surface area contributed by atoms with E-state index in [1.807, 2.05) is 0 Å². The molecule has 5 heteroatoms. The molecule has 0 radical (unpaired) electrons. The Morgan fingerprint density at radius 2 is 2.00 bits per heavy atom. The summed E-state index contributed by atoms with van der Waals surface area (Å²) in [7, 11) is 1.69. The van der Waals surface area contributed by atoms with E-state index in [2.05, 4.69) is 65.1 Å². The number of nitrogens with one attached hydrogen (secondary N) is 1. The fourth-order valence-electron chi connectivity index (χ4n) is 1.93. The zero-order valence-electron chi connectivity index (χ0n) is 13.4. The molecule has 0 saturated heterocycles. The summed E-state index contributed by atoms with van der Waals surface area (Å²) < 4.78 is 6.21. The van der Waals surface area contributed by atoms with Gasteiger partial charge in [0.05, 0.1) is 13.2 Å². The van der Waals surface area contributed by atoms with Crippen molar-refractivity contribution in [1.82, 2.24) is 5.32 Å². The van der Waals surface area contributed by atoms with E-state index >= 15 is 0 Å². The van der Waals surface area contributed by atoms with Crippen LogP contribution >= 0.6 is 15.9 Å². The van der Waals surface area contributed by atoms with Crippen molar-refractivity contribution in [1.29, 1.82) is 0 Å². The maximum Gasteiger partial charge on any atom is 0.0637 e. The van der Waals surface area contributed by atoms with Crippen molar-refractivity contribution in [2.24, 2.45) is 0 Å². The molecule has 2 N–H and O–H groups in total. The maximum atomic E-state index is 9.19. The second-order valence-corrected chi connectivity index (χ2v) is 6.94. The van der Waals surface area contributed by atoms with Crippen molar-refractivity contribution in [3.05, 3.63) is 28.2 Å². The van der Waals surface area contributed by atoms with Crippen molar-refractivity contribution in [3.8, 4) is 0 Å². The van der Waals surface area contributed by atoms with Gasteiger partial charge in [-0.15, -0.1) is 0 Å². The van der Waals surface area contributed by atoms with Gasteiger partial charge in [0.15, 0.2) is 0 Å². The Bertz CT molecular complexity index is 433. The Labute approximate surface area is 136 Å². The lowest BCUT2D eigenvalue weighted by atomic mass is 10.1. The molecule has 0 spiro atoms. The van der Waals surface area contributed by atoms with Crippen molar-refractivity contribution >= 4 is 21.6 Å². The predicted molar refractivity (Wildman–Crippen MR) is 91.9 cm³/mol. The molecule has 0 amide bonds. The van der Waals surface area contributed by atoms with E-state index < -0.39 is 0 Å². The number of methoxy groups -OCH3 is 1. The molecule has 1 aromatic carbocycles. The van der Waals surface area contributed by atoms with E-state index in [0.29, 0.717) is 13.2 Å². The highest BCUT2D eigenvalue weighted by molar-refractivity contribution is 9.10. The topological polar surface area (TPSA) is 44.7 Å².